The van der Waals surface area contributed by atoms with Crippen LogP contribution in [-0.2, 0) is 43.8 Å². The maximum Gasteiger partial charge on any atom is 1.00 e. The molecule has 1 fully saturated rings. The summed E-state index contributed by atoms with van der Waals surface area (Å²) in [5.41, 5.74) is 2.53. The molecule has 15 nitrogen and oxygen atoms in total. The summed E-state index contributed by atoms with van der Waals surface area (Å²) in [7, 11) is -4.25. The van der Waals surface area contributed by atoms with Crippen LogP contribution in [0.1, 0.15) is 46.7 Å². The number of aromatic nitrogens is 1. The molecule has 3 N–H and O–H groups in total. The minimum absolute atomic E-state index is 0. The third-order valence-corrected chi connectivity index (χ3v) is 6.14. The van der Waals surface area contributed by atoms with Gasteiger partial charge in [-0.25, -0.2) is 22.5 Å². The van der Waals surface area contributed by atoms with Gasteiger partial charge in [-0.1, -0.05) is 5.16 Å². The number of β-lactam (4-membered cyclic amide) rings is 1. The summed E-state index contributed by atoms with van der Waals surface area (Å²) >= 11 is 0.954. The van der Waals surface area contributed by atoms with E-state index in [1.54, 1.807) is 20.8 Å². The molecule has 0 aromatic carbocycles. The number of nitrogens with one attached hydrogen (secondary N) is 1. The van der Waals surface area contributed by atoms with E-state index in [1.165, 1.54) is 19.2 Å². The molecule has 1 aromatic rings. The number of hydrogen-bond donors (Lipinski definition) is 2. The van der Waals surface area contributed by atoms with Crippen molar-refractivity contribution in [2.24, 2.45) is 5.16 Å². The van der Waals surface area contributed by atoms with Crippen LogP contribution < -0.4 is 40.6 Å². The molecular formula is C19H26N5NaO10S2. The number of nitrogens with two attached hydrogens (primary N) is 1. The van der Waals surface area contributed by atoms with Gasteiger partial charge in [0.1, 0.15) is 17.3 Å². The third-order valence-electron chi connectivity index (χ3n) is 4.54. The minimum Gasteiger partial charge on any atom is -0.731 e. The predicted molar refractivity (Wildman–Crippen MR) is 123 cm³/mol. The first kappa shape index (κ1) is 32.7. The van der Waals surface area contributed by atoms with Crippen LogP contribution in [0, 0.1) is 0 Å². The second-order valence-electron chi connectivity index (χ2n) is 9.00. The van der Waals surface area contributed by atoms with Gasteiger partial charge in [0.25, 0.3) is 11.8 Å². The van der Waals surface area contributed by atoms with Crippen molar-refractivity contribution in [1.82, 2.24) is 14.6 Å². The van der Waals surface area contributed by atoms with Crippen LogP contribution >= 0.6 is 11.3 Å². The van der Waals surface area contributed by atoms with E-state index < -0.39 is 69.5 Å². The molecule has 1 saturated heterocycles. The number of nitrogens with zero attached hydrogens (tertiary/aromatic N) is 3. The number of rotatable bonds is 9. The monoisotopic (exact) mass is 571 g/mol. The van der Waals surface area contributed by atoms with E-state index in [-0.39, 0.29) is 44.7 Å². The van der Waals surface area contributed by atoms with Crippen molar-refractivity contribution in [3.63, 3.8) is 0 Å². The molecule has 0 aliphatic carbocycles. The number of nitrogen functional groups attached to an aromatic ring is 1. The van der Waals surface area contributed by atoms with Crippen molar-refractivity contribution in [2.75, 3.05) is 12.8 Å². The number of methoxy groups -OCH3 is 1. The smallest absolute Gasteiger partial charge is 0.731 e. The second-order valence-corrected chi connectivity index (χ2v) is 11.1. The first-order valence-corrected chi connectivity index (χ1v) is 12.5. The zero-order valence-electron chi connectivity index (χ0n) is 21.3. The minimum atomic E-state index is -5.27. The average molecular weight is 572 g/mol. The Morgan fingerprint density at radius 3 is 2.32 bits per heavy atom. The van der Waals surface area contributed by atoms with Gasteiger partial charge in [0.15, 0.2) is 21.1 Å². The van der Waals surface area contributed by atoms with Crippen LogP contribution in [0.25, 0.3) is 0 Å². The Bertz CT molecular complexity index is 1190. The van der Waals surface area contributed by atoms with Crippen LogP contribution in [0.3, 0.4) is 0 Å². The molecule has 0 radical (unpaired) electrons. The molecule has 18 heteroatoms. The fourth-order valence-electron chi connectivity index (χ4n) is 2.82. The summed E-state index contributed by atoms with van der Waals surface area (Å²) in [5.74, 6) is -4.07. The third kappa shape index (κ3) is 8.34. The fraction of sp³-hybridized carbons (Fsp3) is 0.579. The summed E-state index contributed by atoms with van der Waals surface area (Å²) < 4.78 is 44.0. The first-order valence-electron chi connectivity index (χ1n) is 10.2. The molecule has 1 aliphatic rings. The largest absolute Gasteiger partial charge is 1.00 e. The maximum absolute atomic E-state index is 13.0. The van der Waals surface area contributed by atoms with E-state index >= 15 is 0 Å². The zero-order valence-corrected chi connectivity index (χ0v) is 24.9. The molecule has 2 amide bonds. The van der Waals surface area contributed by atoms with Crippen LogP contribution in [0.15, 0.2) is 10.5 Å². The number of carbonyl (C=O) groups is 4. The number of hydrogen-bond acceptors (Lipinski definition) is 14. The van der Waals surface area contributed by atoms with E-state index in [2.05, 4.69) is 20.2 Å². The van der Waals surface area contributed by atoms with E-state index in [0.717, 1.165) is 18.4 Å². The molecule has 2 heterocycles. The summed E-state index contributed by atoms with van der Waals surface area (Å²) in [5, 5.41) is 7.35. The van der Waals surface area contributed by atoms with Crippen LogP contribution in [0.2, 0.25) is 0 Å². The molecule has 0 spiro atoms. The van der Waals surface area contributed by atoms with Crippen molar-refractivity contribution in [1.29, 1.82) is 0 Å². The molecule has 200 valence electrons. The Morgan fingerprint density at radius 1 is 1.27 bits per heavy atom. The van der Waals surface area contributed by atoms with Crippen molar-refractivity contribution in [3.05, 3.63) is 11.1 Å². The second kappa shape index (κ2) is 12.0. The van der Waals surface area contributed by atoms with Gasteiger partial charge in [-0.3, -0.25) is 14.4 Å². The Morgan fingerprint density at radius 2 is 1.86 bits per heavy atom. The number of ether oxygens (including phenoxy) is 2. The van der Waals surface area contributed by atoms with Gasteiger partial charge >= 0.3 is 41.5 Å². The van der Waals surface area contributed by atoms with E-state index in [0.29, 0.717) is 0 Å². The quantitative estimate of drug-likeness (QED) is 0.0730. The van der Waals surface area contributed by atoms with Crippen LogP contribution in [-0.4, -0.2) is 82.1 Å². The van der Waals surface area contributed by atoms with Gasteiger partial charge < -0.3 is 29.9 Å². The van der Waals surface area contributed by atoms with Gasteiger partial charge in [-0.2, -0.15) is 0 Å². The summed E-state index contributed by atoms with van der Waals surface area (Å²) in [4.78, 5) is 58.7. The van der Waals surface area contributed by atoms with E-state index in [1.807, 2.05) is 0 Å². The molecule has 0 unspecified atom stereocenters. The van der Waals surface area contributed by atoms with Gasteiger partial charge in [0.2, 0.25) is 5.60 Å². The normalized spacial score (nSPS) is 18.3. The topological polar surface area (TPSA) is 220 Å². The summed E-state index contributed by atoms with van der Waals surface area (Å²) in [6.07, 6.45) is -0.688. The van der Waals surface area contributed by atoms with Crippen molar-refractivity contribution in [2.45, 2.75) is 64.3 Å². The molecule has 2 rings (SSSR count). The number of oxime groups is 1. The SMILES string of the molecule is COC(=O)C[C@@H]1[C@@H](NC(=O)C(=NOC(C)(C)C(=O)OC(C)(C)C)c2csc(N)n2)C(=O)N1S(=O)(=O)[O-].[Na+]. The number of anilines is 1. The maximum atomic E-state index is 13.0. The number of carbonyl (C=O) groups excluding carboxylic acids is 4. The van der Waals surface area contributed by atoms with Crippen molar-refractivity contribution >= 4 is 56.2 Å². The summed E-state index contributed by atoms with van der Waals surface area (Å²) in [6.45, 7) is 7.62. The van der Waals surface area contributed by atoms with E-state index in [9.17, 15) is 32.1 Å². The molecule has 37 heavy (non-hydrogen) atoms. The van der Waals surface area contributed by atoms with Gasteiger partial charge in [-0.05, 0) is 34.6 Å². The molecular weight excluding hydrogens is 545 g/mol. The standard InChI is InChI=1S/C19H27N5O10S2.Na/c1-18(2,3)33-16(28)19(4,5)34-23-12(9-8-35-17(20)21-9)14(26)22-13-10(7-11(25)32-6)24(15(13)27)36(29,30)31;/h8,10,13H,7H2,1-6H3,(H2,20,21)(H,22,26)(H,29,30,31);/q;+1/p-1/t10-,13-;/m1./s1. The Labute approximate surface area is 239 Å². The van der Waals surface area contributed by atoms with E-state index in [4.69, 9.17) is 15.3 Å². The van der Waals surface area contributed by atoms with Crippen molar-refractivity contribution in [3.8, 4) is 0 Å². The predicted octanol–water partition coefficient (Wildman–Crippen LogP) is -3.71. The Kier molecular flexibility index (Phi) is 10.6. The zero-order chi connectivity index (χ0) is 27.6. The molecule has 0 saturated carbocycles. The van der Waals surface area contributed by atoms with Gasteiger partial charge in [0.05, 0.1) is 19.6 Å². The van der Waals surface area contributed by atoms with Crippen molar-refractivity contribution < 1.29 is 76.0 Å². The van der Waals surface area contributed by atoms with Gasteiger partial charge in [-0.15, -0.1) is 11.3 Å². The Balaban J connectivity index is 0.00000684. The molecule has 1 aromatic heterocycles. The van der Waals surface area contributed by atoms with Crippen LogP contribution in [0.5, 0.6) is 0 Å². The number of thiazole rings is 1. The fourth-order valence-corrected chi connectivity index (χ4v) is 4.23. The Hall–Kier alpha value is -2.31. The molecule has 1 aliphatic heterocycles. The number of esters is 2. The van der Waals surface area contributed by atoms with Gasteiger partial charge in [0, 0.05) is 5.38 Å². The average Bonchev–Trinajstić information content (AvgIpc) is 3.15. The molecule has 2 atom stereocenters. The number of amides is 2. The summed E-state index contributed by atoms with van der Waals surface area (Å²) in [6, 6.07) is -3.11. The van der Waals surface area contributed by atoms with Crippen LogP contribution in [0.4, 0.5) is 5.13 Å². The molecule has 0 bridgehead atoms. The first-order chi connectivity index (χ1) is 16.4.